The number of likely N-dealkylation sites (N-methyl/N-ethyl adjacent to an activating group) is 1. The van der Waals surface area contributed by atoms with Gasteiger partial charge in [0.1, 0.15) is 0 Å². The Balaban J connectivity index is 2.48. The predicted octanol–water partition coefficient (Wildman–Crippen LogP) is 3.18. The SMILES string of the molecule is COc1cc(-c2cc(N(C)CCO)c(C)s2)cc(OC)c1OC. The third-order valence-corrected chi connectivity index (χ3v) is 4.78. The Morgan fingerprint density at radius 2 is 1.65 bits per heavy atom. The maximum absolute atomic E-state index is 9.12. The number of methoxy groups -OCH3 is 3. The maximum Gasteiger partial charge on any atom is 0.203 e. The average molecular weight is 337 g/mol. The van der Waals surface area contributed by atoms with Gasteiger partial charge in [0.15, 0.2) is 11.5 Å². The summed E-state index contributed by atoms with van der Waals surface area (Å²) >= 11 is 1.70. The molecule has 1 aromatic carbocycles. The van der Waals surface area contributed by atoms with E-state index in [0.717, 1.165) is 16.1 Å². The first-order valence-corrected chi connectivity index (χ1v) is 8.10. The summed E-state index contributed by atoms with van der Waals surface area (Å²) in [6.45, 7) is 2.81. The molecule has 1 N–H and O–H groups in total. The van der Waals surface area contributed by atoms with Crippen LogP contribution >= 0.6 is 11.3 Å². The Labute approximate surface area is 141 Å². The van der Waals surface area contributed by atoms with Gasteiger partial charge in [0.05, 0.1) is 33.6 Å². The Hall–Kier alpha value is -1.92. The third-order valence-electron chi connectivity index (χ3n) is 3.69. The highest BCUT2D eigenvalue weighted by Crippen LogP contribution is 2.44. The maximum atomic E-state index is 9.12. The number of nitrogens with zero attached hydrogens (tertiary/aromatic N) is 1. The van der Waals surface area contributed by atoms with Crippen LogP contribution in [0, 0.1) is 6.92 Å². The third kappa shape index (κ3) is 3.54. The molecule has 0 radical (unpaired) electrons. The molecular weight excluding hydrogens is 314 g/mol. The van der Waals surface area contributed by atoms with Crippen LogP contribution in [0.1, 0.15) is 4.88 Å². The summed E-state index contributed by atoms with van der Waals surface area (Å²) in [4.78, 5) is 4.36. The summed E-state index contributed by atoms with van der Waals surface area (Å²) < 4.78 is 16.2. The number of aryl methyl sites for hydroxylation is 1. The lowest BCUT2D eigenvalue weighted by atomic mass is 10.1. The molecule has 5 nitrogen and oxygen atoms in total. The molecule has 0 unspecified atom stereocenters. The predicted molar refractivity (Wildman–Crippen MR) is 94.5 cm³/mol. The van der Waals surface area contributed by atoms with Crippen molar-refractivity contribution >= 4 is 17.0 Å². The van der Waals surface area contributed by atoms with Gasteiger partial charge in [0.2, 0.25) is 5.75 Å². The van der Waals surface area contributed by atoms with E-state index < -0.39 is 0 Å². The van der Waals surface area contributed by atoms with E-state index in [4.69, 9.17) is 19.3 Å². The number of thiophene rings is 1. The van der Waals surface area contributed by atoms with E-state index in [0.29, 0.717) is 23.8 Å². The summed E-state index contributed by atoms with van der Waals surface area (Å²) in [7, 11) is 6.80. The van der Waals surface area contributed by atoms with E-state index in [2.05, 4.69) is 13.0 Å². The van der Waals surface area contributed by atoms with Gasteiger partial charge in [-0.25, -0.2) is 0 Å². The van der Waals surface area contributed by atoms with Gasteiger partial charge in [-0.1, -0.05) is 0 Å². The van der Waals surface area contributed by atoms with Crippen molar-refractivity contribution in [2.24, 2.45) is 0 Å². The highest BCUT2D eigenvalue weighted by Gasteiger charge is 2.17. The van der Waals surface area contributed by atoms with Crippen molar-refractivity contribution in [3.63, 3.8) is 0 Å². The molecule has 2 rings (SSSR count). The van der Waals surface area contributed by atoms with Crippen LogP contribution in [0.3, 0.4) is 0 Å². The molecule has 0 aliphatic heterocycles. The fourth-order valence-corrected chi connectivity index (χ4v) is 3.54. The molecule has 23 heavy (non-hydrogen) atoms. The van der Waals surface area contributed by atoms with Crippen molar-refractivity contribution < 1.29 is 19.3 Å². The minimum absolute atomic E-state index is 0.130. The van der Waals surface area contributed by atoms with Gasteiger partial charge in [0, 0.05) is 23.3 Å². The molecular formula is C17H23NO4S. The van der Waals surface area contributed by atoms with Crippen LogP contribution in [-0.2, 0) is 0 Å². The van der Waals surface area contributed by atoms with E-state index >= 15 is 0 Å². The van der Waals surface area contributed by atoms with Crippen molar-refractivity contribution in [1.82, 2.24) is 0 Å². The summed E-state index contributed by atoms with van der Waals surface area (Å²) in [6, 6.07) is 6.02. The van der Waals surface area contributed by atoms with Crippen molar-refractivity contribution in [2.45, 2.75) is 6.92 Å². The Morgan fingerprint density at radius 1 is 1.04 bits per heavy atom. The molecule has 0 aliphatic carbocycles. The molecule has 0 saturated heterocycles. The number of hydrogen-bond acceptors (Lipinski definition) is 6. The first-order valence-electron chi connectivity index (χ1n) is 7.28. The molecule has 126 valence electrons. The molecule has 1 heterocycles. The van der Waals surface area contributed by atoms with E-state index in [1.54, 1.807) is 32.7 Å². The molecule has 0 bridgehead atoms. The fraction of sp³-hybridized carbons (Fsp3) is 0.412. The number of benzene rings is 1. The van der Waals surface area contributed by atoms with Crippen molar-refractivity contribution in [1.29, 1.82) is 0 Å². The lowest BCUT2D eigenvalue weighted by molar-refractivity contribution is 0.304. The topological polar surface area (TPSA) is 51.2 Å². The van der Waals surface area contributed by atoms with Crippen LogP contribution in [0.4, 0.5) is 5.69 Å². The van der Waals surface area contributed by atoms with Gasteiger partial charge in [-0.05, 0) is 30.7 Å². The summed E-state index contributed by atoms with van der Waals surface area (Å²) in [5.41, 5.74) is 2.13. The van der Waals surface area contributed by atoms with Crippen LogP contribution in [0.2, 0.25) is 0 Å². The van der Waals surface area contributed by atoms with Crippen LogP contribution in [0.15, 0.2) is 18.2 Å². The molecule has 0 spiro atoms. The first kappa shape index (κ1) is 17.4. The minimum atomic E-state index is 0.130. The smallest absolute Gasteiger partial charge is 0.203 e. The quantitative estimate of drug-likeness (QED) is 0.841. The molecule has 0 atom stereocenters. The zero-order valence-corrected chi connectivity index (χ0v) is 15.0. The van der Waals surface area contributed by atoms with Crippen molar-refractivity contribution in [3.05, 3.63) is 23.1 Å². The highest BCUT2D eigenvalue weighted by atomic mass is 32.1. The largest absolute Gasteiger partial charge is 0.493 e. The molecule has 0 aliphatic rings. The zero-order chi connectivity index (χ0) is 17.0. The van der Waals surface area contributed by atoms with Crippen LogP contribution < -0.4 is 19.1 Å². The van der Waals surface area contributed by atoms with E-state index in [1.165, 1.54) is 4.88 Å². The molecule has 6 heteroatoms. The second-order valence-electron chi connectivity index (χ2n) is 5.11. The van der Waals surface area contributed by atoms with Crippen molar-refractivity contribution in [2.75, 3.05) is 46.4 Å². The Morgan fingerprint density at radius 3 is 2.13 bits per heavy atom. The lowest BCUT2D eigenvalue weighted by Crippen LogP contribution is -2.21. The molecule has 0 fully saturated rings. The van der Waals surface area contributed by atoms with Gasteiger partial charge in [-0.15, -0.1) is 11.3 Å². The minimum Gasteiger partial charge on any atom is -0.493 e. The molecule has 0 saturated carbocycles. The Bertz CT molecular complexity index is 644. The molecule has 2 aromatic rings. The molecule has 1 aromatic heterocycles. The fourth-order valence-electron chi connectivity index (χ4n) is 2.49. The monoisotopic (exact) mass is 337 g/mol. The second-order valence-corrected chi connectivity index (χ2v) is 6.37. The van der Waals surface area contributed by atoms with E-state index in [9.17, 15) is 0 Å². The number of aliphatic hydroxyl groups is 1. The number of aliphatic hydroxyl groups excluding tert-OH is 1. The van der Waals surface area contributed by atoms with Crippen LogP contribution in [0.25, 0.3) is 10.4 Å². The zero-order valence-electron chi connectivity index (χ0n) is 14.2. The van der Waals surface area contributed by atoms with Crippen LogP contribution in [0.5, 0.6) is 17.2 Å². The summed E-state index contributed by atoms with van der Waals surface area (Å²) in [5.74, 6) is 1.86. The molecule has 0 amide bonds. The number of rotatable bonds is 7. The van der Waals surface area contributed by atoms with E-state index in [-0.39, 0.29) is 6.61 Å². The number of anilines is 1. The van der Waals surface area contributed by atoms with Gasteiger partial charge in [-0.3, -0.25) is 0 Å². The number of ether oxygens (including phenoxy) is 3. The highest BCUT2D eigenvalue weighted by molar-refractivity contribution is 7.16. The first-order chi connectivity index (χ1) is 11.0. The summed E-state index contributed by atoms with van der Waals surface area (Å²) in [6.07, 6.45) is 0. The summed E-state index contributed by atoms with van der Waals surface area (Å²) in [5, 5.41) is 9.12. The second kappa shape index (κ2) is 7.57. The van der Waals surface area contributed by atoms with Gasteiger partial charge in [-0.2, -0.15) is 0 Å². The van der Waals surface area contributed by atoms with Crippen molar-refractivity contribution in [3.8, 4) is 27.7 Å². The Kier molecular flexibility index (Phi) is 5.74. The van der Waals surface area contributed by atoms with Gasteiger partial charge in [0.25, 0.3) is 0 Å². The lowest BCUT2D eigenvalue weighted by Gasteiger charge is -2.17. The normalized spacial score (nSPS) is 10.5. The van der Waals surface area contributed by atoms with Crippen LogP contribution in [-0.4, -0.2) is 46.6 Å². The van der Waals surface area contributed by atoms with E-state index in [1.807, 2.05) is 24.1 Å². The van der Waals surface area contributed by atoms with Gasteiger partial charge < -0.3 is 24.2 Å². The average Bonchev–Trinajstić information content (AvgIpc) is 2.95. The van der Waals surface area contributed by atoms with Gasteiger partial charge >= 0.3 is 0 Å². The standard InChI is InChI=1S/C17H23NO4S/c1-11-13(18(2)6-7-19)10-16(23-11)12-8-14(20-3)17(22-5)15(9-12)21-4/h8-10,19H,6-7H2,1-5H3. The number of hydrogen-bond donors (Lipinski definition) is 1.